The number of sulfone groups is 1. The van der Waals surface area contributed by atoms with Gasteiger partial charge in [0.25, 0.3) is 5.91 Å². The molecule has 0 aliphatic carbocycles. The number of nitrogens with one attached hydrogen (secondary N) is 1. The van der Waals surface area contributed by atoms with Gasteiger partial charge >= 0.3 is 0 Å². The first kappa shape index (κ1) is 26.4. The molecule has 34 heavy (non-hydrogen) atoms. The quantitative estimate of drug-likeness (QED) is 0.486. The lowest BCUT2D eigenvalue weighted by atomic mass is 10.1. The van der Waals surface area contributed by atoms with Crippen molar-refractivity contribution in [2.45, 2.75) is 25.2 Å². The van der Waals surface area contributed by atoms with E-state index in [-0.39, 0.29) is 29.0 Å². The fraction of sp³-hybridized carbons (Fsp3) is 0.417. The van der Waals surface area contributed by atoms with Crippen molar-refractivity contribution in [1.29, 1.82) is 0 Å². The van der Waals surface area contributed by atoms with Crippen molar-refractivity contribution in [3.8, 4) is 0 Å². The molecule has 1 fully saturated rings. The topological polar surface area (TPSA) is 82.6 Å². The van der Waals surface area contributed by atoms with Gasteiger partial charge in [-0.05, 0) is 36.2 Å². The third-order valence-corrected chi connectivity index (χ3v) is 8.88. The van der Waals surface area contributed by atoms with Gasteiger partial charge in [-0.2, -0.15) is 0 Å². The molecular formula is C24H31ClN4O3S2. The highest BCUT2D eigenvalue weighted by atomic mass is 35.5. The zero-order valence-electron chi connectivity index (χ0n) is 19.5. The number of aromatic nitrogens is 1. The van der Waals surface area contributed by atoms with E-state index in [0.717, 1.165) is 49.8 Å². The third-order valence-electron chi connectivity index (χ3n) is 6.06. The molecule has 0 saturated carbocycles. The van der Waals surface area contributed by atoms with Gasteiger partial charge in [-0.3, -0.25) is 9.69 Å². The van der Waals surface area contributed by atoms with E-state index < -0.39 is 9.84 Å². The molecule has 1 amide bonds. The second kappa shape index (κ2) is 11.5. The molecule has 0 radical (unpaired) electrons. The Labute approximate surface area is 211 Å². The second-order valence-corrected chi connectivity index (χ2v) is 11.4. The Morgan fingerprint density at radius 1 is 1.09 bits per heavy atom. The van der Waals surface area contributed by atoms with E-state index in [0.29, 0.717) is 12.1 Å². The molecule has 1 aromatic heterocycles. The molecule has 3 aromatic rings. The molecule has 1 saturated heterocycles. The highest BCUT2D eigenvalue weighted by Gasteiger charge is 2.20. The monoisotopic (exact) mass is 522 g/mol. The molecule has 1 N–H and O–H groups in total. The lowest BCUT2D eigenvalue weighted by Crippen LogP contribution is -2.48. The Balaban J connectivity index is 0.00000324. The summed E-state index contributed by atoms with van der Waals surface area (Å²) in [5.41, 5.74) is 2.79. The summed E-state index contributed by atoms with van der Waals surface area (Å²) in [6.45, 7) is 8.68. The molecule has 4 rings (SSSR count). The Morgan fingerprint density at radius 2 is 1.82 bits per heavy atom. The average Bonchev–Trinajstić information content (AvgIpc) is 3.29. The second-order valence-electron chi connectivity index (χ2n) is 8.13. The van der Waals surface area contributed by atoms with Crippen molar-refractivity contribution >= 4 is 54.8 Å². The molecule has 2 heterocycles. The smallest absolute Gasteiger partial charge is 0.251 e. The molecule has 0 spiro atoms. The van der Waals surface area contributed by atoms with Crippen molar-refractivity contribution in [1.82, 2.24) is 15.2 Å². The number of halogens is 1. The highest BCUT2D eigenvalue weighted by Crippen LogP contribution is 2.31. The Hall–Kier alpha value is -2.20. The van der Waals surface area contributed by atoms with Crippen LogP contribution in [0.4, 0.5) is 5.13 Å². The molecule has 1 aliphatic rings. The SMILES string of the molecule is CCc1cccc2sc(N3CCN(CCNC(=O)c4cccc(S(=O)(=O)CC)c4)CC3)nc12.Cl. The number of benzene rings is 2. The number of carbonyl (C=O) groups is 1. The fourth-order valence-electron chi connectivity index (χ4n) is 4.00. The van der Waals surface area contributed by atoms with Crippen molar-refractivity contribution in [2.24, 2.45) is 0 Å². The number of piperazine rings is 1. The standard InChI is InChI=1S/C24H30N4O3S2.ClH/c1-3-18-7-6-10-21-22(18)26-24(32-21)28-15-13-27(14-16-28)12-11-25-23(29)19-8-5-9-20(17-19)33(30,31)4-2;/h5-10,17H,3-4,11-16H2,1-2H3,(H,25,29);1H. The fourth-order valence-corrected chi connectivity index (χ4v) is 6.00. The zero-order valence-corrected chi connectivity index (χ0v) is 21.9. The summed E-state index contributed by atoms with van der Waals surface area (Å²) < 4.78 is 25.4. The number of rotatable bonds is 8. The van der Waals surface area contributed by atoms with Crippen LogP contribution in [-0.2, 0) is 16.3 Å². The number of aryl methyl sites for hydroxylation is 1. The minimum absolute atomic E-state index is 0. The lowest BCUT2D eigenvalue weighted by Gasteiger charge is -2.34. The van der Waals surface area contributed by atoms with Crippen LogP contribution in [-0.4, -0.2) is 69.2 Å². The van der Waals surface area contributed by atoms with E-state index in [4.69, 9.17) is 4.98 Å². The van der Waals surface area contributed by atoms with Gasteiger partial charge in [0.15, 0.2) is 15.0 Å². The van der Waals surface area contributed by atoms with Crippen LogP contribution in [0.3, 0.4) is 0 Å². The summed E-state index contributed by atoms with van der Waals surface area (Å²) >= 11 is 1.75. The third kappa shape index (κ3) is 5.89. The van der Waals surface area contributed by atoms with Crippen LogP contribution in [0, 0.1) is 0 Å². The number of nitrogens with zero attached hydrogens (tertiary/aromatic N) is 3. The number of para-hydroxylation sites is 1. The number of carbonyl (C=O) groups excluding carboxylic acids is 1. The Bertz CT molecular complexity index is 1240. The molecule has 7 nitrogen and oxygen atoms in total. The highest BCUT2D eigenvalue weighted by molar-refractivity contribution is 7.91. The van der Waals surface area contributed by atoms with Gasteiger partial charge < -0.3 is 10.2 Å². The maximum absolute atomic E-state index is 12.5. The summed E-state index contributed by atoms with van der Waals surface area (Å²) in [4.78, 5) is 22.3. The van der Waals surface area contributed by atoms with E-state index in [2.05, 4.69) is 40.2 Å². The van der Waals surface area contributed by atoms with Crippen molar-refractivity contribution < 1.29 is 13.2 Å². The lowest BCUT2D eigenvalue weighted by molar-refractivity contribution is 0.0947. The van der Waals surface area contributed by atoms with Gasteiger partial charge in [0.05, 0.1) is 20.9 Å². The van der Waals surface area contributed by atoms with E-state index in [1.54, 1.807) is 30.4 Å². The van der Waals surface area contributed by atoms with Crippen LogP contribution in [0.15, 0.2) is 47.4 Å². The van der Waals surface area contributed by atoms with Crippen molar-refractivity contribution in [3.63, 3.8) is 0 Å². The van der Waals surface area contributed by atoms with Gasteiger partial charge in [0.1, 0.15) is 0 Å². The maximum atomic E-state index is 12.5. The van der Waals surface area contributed by atoms with Crippen molar-refractivity contribution in [3.05, 3.63) is 53.6 Å². The van der Waals surface area contributed by atoms with E-state index >= 15 is 0 Å². The van der Waals surface area contributed by atoms with E-state index in [1.165, 1.54) is 22.4 Å². The first-order valence-corrected chi connectivity index (χ1v) is 13.8. The first-order chi connectivity index (χ1) is 15.9. The number of hydrogen-bond donors (Lipinski definition) is 1. The number of anilines is 1. The van der Waals surface area contributed by atoms with E-state index in [1.807, 2.05) is 0 Å². The zero-order chi connectivity index (χ0) is 23.4. The molecule has 184 valence electrons. The minimum Gasteiger partial charge on any atom is -0.351 e. The molecule has 1 aliphatic heterocycles. The summed E-state index contributed by atoms with van der Waals surface area (Å²) in [5.74, 6) is -0.233. The van der Waals surface area contributed by atoms with Crippen LogP contribution >= 0.6 is 23.7 Å². The maximum Gasteiger partial charge on any atom is 0.251 e. The van der Waals surface area contributed by atoms with Gasteiger partial charge in [0, 0.05) is 44.8 Å². The predicted molar refractivity (Wildman–Crippen MR) is 141 cm³/mol. The van der Waals surface area contributed by atoms with Gasteiger partial charge in [-0.1, -0.05) is 43.4 Å². The van der Waals surface area contributed by atoms with Gasteiger partial charge in [0.2, 0.25) is 0 Å². The molecule has 0 atom stereocenters. The summed E-state index contributed by atoms with van der Waals surface area (Å²) in [5, 5.41) is 4.00. The first-order valence-electron chi connectivity index (χ1n) is 11.4. The predicted octanol–water partition coefficient (Wildman–Crippen LogP) is 3.63. The largest absolute Gasteiger partial charge is 0.351 e. The minimum atomic E-state index is -3.33. The molecular weight excluding hydrogens is 492 g/mol. The average molecular weight is 523 g/mol. The van der Waals surface area contributed by atoms with Crippen molar-refractivity contribution in [2.75, 3.05) is 49.9 Å². The van der Waals surface area contributed by atoms with Crippen LogP contribution < -0.4 is 10.2 Å². The summed E-state index contributed by atoms with van der Waals surface area (Å²) in [7, 11) is -3.33. The van der Waals surface area contributed by atoms with Crippen LogP contribution in [0.5, 0.6) is 0 Å². The van der Waals surface area contributed by atoms with Gasteiger partial charge in [-0.15, -0.1) is 12.4 Å². The molecule has 0 bridgehead atoms. The normalized spacial score (nSPS) is 14.7. The number of hydrogen-bond acceptors (Lipinski definition) is 7. The van der Waals surface area contributed by atoms with Crippen LogP contribution in [0.25, 0.3) is 10.2 Å². The Kier molecular flexibility index (Phi) is 8.92. The number of thiazole rings is 1. The molecule has 0 unspecified atom stereocenters. The molecule has 2 aromatic carbocycles. The summed E-state index contributed by atoms with van der Waals surface area (Å²) in [6.07, 6.45) is 0.985. The van der Waals surface area contributed by atoms with Gasteiger partial charge in [-0.25, -0.2) is 13.4 Å². The Morgan fingerprint density at radius 3 is 2.53 bits per heavy atom. The van der Waals surface area contributed by atoms with E-state index in [9.17, 15) is 13.2 Å². The summed E-state index contributed by atoms with van der Waals surface area (Å²) in [6, 6.07) is 12.6. The number of fused-ring (bicyclic) bond motifs is 1. The van der Waals surface area contributed by atoms with Crippen LogP contribution in [0.1, 0.15) is 29.8 Å². The van der Waals surface area contributed by atoms with Crippen LogP contribution in [0.2, 0.25) is 0 Å². The molecule has 10 heteroatoms. The number of amides is 1.